The Morgan fingerprint density at radius 3 is 2.95 bits per heavy atom. The molecule has 39 heavy (non-hydrogen) atoms. The van der Waals surface area contributed by atoms with E-state index in [0.717, 1.165) is 41.7 Å². The molecule has 1 aromatic carbocycles. The van der Waals surface area contributed by atoms with Gasteiger partial charge in [-0.15, -0.1) is 0 Å². The topological polar surface area (TPSA) is 114 Å². The molecule has 1 aliphatic heterocycles. The van der Waals surface area contributed by atoms with Gasteiger partial charge in [-0.1, -0.05) is 12.1 Å². The average molecular weight is 701 g/mol. The maximum Gasteiger partial charge on any atom is 0.268 e. The van der Waals surface area contributed by atoms with Gasteiger partial charge < -0.3 is 15.0 Å². The van der Waals surface area contributed by atoms with Crippen molar-refractivity contribution in [3.8, 4) is 0 Å². The van der Waals surface area contributed by atoms with E-state index in [-0.39, 0.29) is 26.0 Å². The molecule has 0 spiro atoms. The maximum atomic E-state index is 13.2. The molecule has 4 aromatic rings. The molecule has 0 saturated heterocycles. The highest BCUT2D eigenvalue weighted by molar-refractivity contribution is 14.2. The second kappa shape index (κ2) is 13.1. The van der Waals surface area contributed by atoms with E-state index >= 15 is 0 Å². The number of aliphatic hydroxyl groups is 1. The number of halogens is 1. The molecule has 208 valence electrons. The Morgan fingerprint density at radius 2 is 2.18 bits per heavy atom. The fourth-order valence-corrected chi connectivity index (χ4v) is 6.78. The van der Waals surface area contributed by atoms with Crippen LogP contribution in [0.4, 0.5) is 5.69 Å². The predicted octanol–water partition coefficient (Wildman–Crippen LogP) is 3.79. The molecule has 11 nitrogen and oxygen atoms in total. The number of aryl methyl sites for hydroxylation is 1. The first-order valence-corrected chi connectivity index (χ1v) is 16.7. The first kappa shape index (κ1) is 30.0. The molecular weight excluding hydrogens is 670 g/mol. The highest BCUT2D eigenvalue weighted by Crippen LogP contribution is 2.32. The molecule has 1 aliphatic rings. The van der Waals surface area contributed by atoms with E-state index in [0.29, 0.717) is 42.4 Å². The number of hydrogen-bond acceptors (Lipinski definition) is 9. The van der Waals surface area contributed by atoms with E-state index in [4.69, 9.17) is 4.28 Å². The van der Waals surface area contributed by atoms with Crippen LogP contribution in [0.3, 0.4) is 0 Å². The van der Waals surface area contributed by atoms with Crippen LogP contribution in [-0.2, 0) is 37.4 Å². The molecule has 0 fully saturated rings. The van der Waals surface area contributed by atoms with Gasteiger partial charge in [0.15, 0.2) is 0 Å². The van der Waals surface area contributed by atoms with Crippen LogP contribution >= 0.6 is 54.1 Å². The van der Waals surface area contributed by atoms with Crippen molar-refractivity contribution in [3.05, 3.63) is 70.7 Å². The molecule has 0 saturated carbocycles. The van der Waals surface area contributed by atoms with Gasteiger partial charge in [-0.2, -0.15) is 23.7 Å². The van der Waals surface area contributed by atoms with Crippen molar-refractivity contribution >= 4 is 76.6 Å². The Labute approximate surface area is 252 Å². The van der Waals surface area contributed by atoms with E-state index in [1.807, 2.05) is 52.2 Å². The molecule has 2 N–H and O–H groups in total. The van der Waals surface area contributed by atoms with Crippen molar-refractivity contribution in [2.24, 2.45) is 7.05 Å². The summed E-state index contributed by atoms with van der Waals surface area (Å²) in [5, 5.41) is 20.3. The summed E-state index contributed by atoms with van der Waals surface area (Å²) in [5.74, 6) is 0.463. The van der Waals surface area contributed by atoms with E-state index < -0.39 is 0 Å². The van der Waals surface area contributed by atoms with Crippen molar-refractivity contribution < 1.29 is 14.2 Å². The zero-order chi connectivity index (χ0) is 26.8. The van der Waals surface area contributed by atoms with Crippen LogP contribution in [0.25, 0.3) is 10.9 Å². The number of benzene rings is 1. The van der Waals surface area contributed by atoms with Gasteiger partial charge in [0, 0.05) is 56.4 Å². The number of hydrogen-bond donors (Lipinski definition) is 2. The van der Waals surface area contributed by atoms with Gasteiger partial charge in [0.1, 0.15) is 23.7 Å². The summed E-state index contributed by atoms with van der Waals surface area (Å²) in [6.07, 6.45) is 5.15. The number of aliphatic hydroxyl groups excluding tert-OH is 1. The van der Waals surface area contributed by atoms with Crippen LogP contribution in [0.2, 0.25) is 0 Å². The predicted molar refractivity (Wildman–Crippen MR) is 168 cm³/mol. The van der Waals surface area contributed by atoms with Gasteiger partial charge in [0.05, 0.1) is 42.6 Å². The lowest BCUT2D eigenvalue weighted by molar-refractivity contribution is -0.0512. The Bertz CT molecular complexity index is 1480. The molecule has 5 rings (SSSR count). The van der Waals surface area contributed by atoms with Crippen LogP contribution in [0.15, 0.2) is 36.7 Å². The standard InChI is InChI=1S/C24H28IN8O3PS.H2S/c1-15-26-12-18-16(5-4-6-19(18)29-15)10-27-24(35)22-9-21(23(14-34)30(22)2)31(3)38-36-32-8-7-20-17(13-32)11-28-33(20)37-25;/h4-6,9,11-12,34,37H,7-8,10,13-14H2,1-3H3,(H,27,35);1H2. The van der Waals surface area contributed by atoms with Crippen LogP contribution in [0, 0.1) is 6.92 Å². The Hall–Kier alpha value is -1.94. The van der Waals surface area contributed by atoms with Crippen molar-refractivity contribution in [2.75, 3.05) is 17.9 Å². The summed E-state index contributed by atoms with van der Waals surface area (Å²) in [7, 11) is 3.62. The molecule has 1 amide bonds. The number of carbonyl (C=O) groups is 1. The van der Waals surface area contributed by atoms with Crippen molar-refractivity contribution in [1.82, 2.24) is 34.5 Å². The van der Waals surface area contributed by atoms with Crippen LogP contribution in [0.1, 0.15) is 38.8 Å². The zero-order valence-corrected chi connectivity index (χ0v) is 26.7. The number of rotatable bonds is 9. The van der Waals surface area contributed by atoms with E-state index in [1.54, 1.807) is 23.9 Å². The number of amides is 1. The molecule has 0 bridgehead atoms. The molecule has 4 heterocycles. The minimum absolute atomic E-state index is 0. The summed E-state index contributed by atoms with van der Waals surface area (Å²) in [4.78, 5) is 21.9. The summed E-state index contributed by atoms with van der Waals surface area (Å²) in [5.41, 5.74) is 5.98. The lowest BCUT2D eigenvalue weighted by Gasteiger charge is -2.27. The Balaban J connectivity index is 0.00000353. The summed E-state index contributed by atoms with van der Waals surface area (Å²) < 4.78 is 11.6. The van der Waals surface area contributed by atoms with E-state index in [1.165, 1.54) is 11.3 Å². The minimum atomic E-state index is -0.241. The van der Waals surface area contributed by atoms with Crippen molar-refractivity contribution in [2.45, 2.75) is 33.0 Å². The Morgan fingerprint density at radius 1 is 1.36 bits per heavy atom. The summed E-state index contributed by atoms with van der Waals surface area (Å²) in [6, 6.07) is 7.58. The van der Waals surface area contributed by atoms with Gasteiger partial charge in [0.25, 0.3) is 5.91 Å². The third kappa shape index (κ3) is 6.37. The number of anilines is 1. The molecule has 0 aliphatic carbocycles. The van der Waals surface area contributed by atoms with Crippen LogP contribution in [-0.4, -0.2) is 53.8 Å². The van der Waals surface area contributed by atoms with Crippen molar-refractivity contribution in [3.63, 3.8) is 0 Å². The third-order valence-electron chi connectivity index (χ3n) is 6.56. The largest absolute Gasteiger partial charge is 0.390 e. The van der Waals surface area contributed by atoms with E-state index in [9.17, 15) is 9.90 Å². The highest BCUT2D eigenvalue weighted by Gasteiger charge is 2.24. The normalized spacial score (nSPS) is 13.6. The van der Waals surface area contributed by atoms with Gasteiger partial charge in [-0.05, 0) is 46.7 Å². The van der Waals surface area contributed by atoms with Gasteiger partial charge in [-0.3, -0.25) is 9.10 Å². The van der Waals surface area contributed by atoms with Crippen molar-refractivity contribution in [1.29, 1.82) is 0 Å². The number of hydroxylamine groups is 2. The molecule has 15 heteroatoms. The first-order chi connectivity index (χ1) is 18.4. The number of nitrogens with zero attached hydrogens (tertiary/aromatic N) is 7. The quantitative estimate of drug-likeness (QED) is 0.117. The minimum Gasteiger partial charge on any atom is -0.390 e. The second-order valence-corrected chi connectivity index (χ2v) is 11.8. The second-order valence-electron chi connectivity index (χ2n) is 8.90. The SMILES string of the molecule is Cc1ncc2c(CNC(=O)c3cc(N(C)SON4CCc5c(cnn5PI)C4)c(CO)n3C)cccc2n1.S. The molecule has 3 aromatic heterocycles. The molecular formula is C24H30IN8O3PS2. The number of nitrogens with one attached hydrogen (secondary N) is 1. The van der Waals surface area contributed by atoms with Crippen LogP contribution < -0.4 is 9.62 Å². The van der Waals surface area contributed by atoms with E-state index in [2.05, 4.69) is 42.4 Å². The lowest BCUT2D eigenvalue weighted by Crippen LogP contribution is -2.30. The van der Waals surface area contributed by atoms with Crippen LogP contribution in [0.5, 0.6) is 0 Å². The maximum absolute atomic E-state index is 13.2. The molecule has 1 unspecified atom stereocenters. The monoisotopic (exact) mass is 700 g/mol. The third-order valence-corrected chi connectivity index (χ3v) is 9.18. The summed E-state index contributed by atoms with van der Waals surface area (Å²) in [6.45, 7) is 3.38. The molecule has 0 radical (unpaired) electrons. The lowest BCUT2D eigenvalue weighted by atomic mass is 10.1. The van der Waals surface area contributed by atoms with Gasteiger partial charge in [-0.25, -0.2) is 18.7 Å². The average Bonchev–Trinajstić information content (AvgIpc) is 3.49. The molecule has 1 atom stereocenters. The fraction of sp³-hybridized carbons (Fsp3) is 0.333. The summed E-state index contributed by atoms with van der Waals surface area (Å²) >= 11 is 3.50. The number of fused-ring (bicyclic) bond motifs is 2. The van der Waals surface area contributed by atoms with Gasteiger partial charge >= 0.3 is 0 Å². The van der Waals surface area contributed by atoms with Gasteiger partial charge in [0.2, 0.25) is 0 Å². The number of carbonyl (C=O) groups excluding carboxylic acids is 1. The Kier molecular flexibility index (Phi) is 10.1. The highest BCUT2D eigenvalue weighted by atomic mass is 127. The number of aromatic nitrogens is 5. The zero-order valence-electron chi connectivity index (χ0n) is 21.7. The smallest absolute Gasteiger partial charge is 0.268 e. The first-order valence-electron chi connectivity index (χ1n) is 11.9. The fourth-order valence-electron chi connectivity index (χ4n) is 4.51.